The minimum Gasteiger partial charge on any atom is -0.317 e. The first-order valence-electron chi connectivity index (χ1n) is 8.77. The van der Waals surface area contributed by atoms with Crippen molar-refractivity contribution < 1.29 is 0 Å². The first kappa shape index (κ1) is 15.3. The highest BCUT2D eigenvalue weighted by Crippen LogP contribution is 2.31. The smallest absolute Gasteiger partial charge is 0.00993 e. The van der Waals surface area contributed by atoms with Crippen LogP contribution in [0.25, 0.3) is 0 Å². The summed E-state index contributed by atoms with van der Waals surface area (Å²) in [5, 5.41) is 3.49. The second kappa shape index (κ2) is 8.26. The van der Waals surface area contributed by atoms with Crippen molar-refractivity contribution in [2.45, 2.75) is 83.7 Å². The van der Waals surface area contributed by atoms with E-state index in [0.29, 0.717) is 0 Å². The Morgan fingerprint density at radius 3 is 2.42 bits per heavy atom. The number of hydrogen-bond donors (Lipinski definition) is 1. The molecule has 1 unspecified atom stereocenters. The number of piperidine rings is 1. The number of rotatable bonds is 9. The largest absolute Gasteiger partial charge is 0.317 e. The van der Waals surface area contributed by atoms with Crippen LogP contribution >= 0.6 is 0 Å². The van der Waals surface area contributed by atoms with Gasteiger partial charge in [-0.3, -0.25) is 4.90 Å². The van der Waals surface area contributed by atoms with Crippen LogP contribution in [0.1, 0.15) is 71.6 Å². The normalized spacial score (nSPS) is 22.9. The molecule has 1 atom stereocenters. The van der Waals surface area contributed by atoms with E-state index in [1.165, 1.54) is 77.4 Å². The molecular formula is C17H34N2. The van der Waals surface area contributed by atoms with Gasteiger partial charge in [-0.05, 0) is 58.0 Å². The second-order valence-corrected chi connectivity index (χ2v) is 6.82. The molecule has 1 N–H and O–H groups in total. The third-order valence-electron chi connectivity index (χ3n) is 4.99. The van der Waals surface area contributed by atoms with Crippen molar-refractivity contribution in [3.63, 3.8) is 0 Å². The highest BCUT2D eigenvalue weighted by molar-refractivity contribution is 4.89. The van der Waals surface area contributed by atoms with E-state index in [2.05, 4.69) is 24.1 Å². The molecule has 0 bridgehead atoms. The zero-order valence-corrected chi connectivity index (χ0v) is 13.2. The molecule has 0 amide bonds. The molecule has 1 aliphatic carbocycles. The summed E-state index contributed by atoms with van der Waals surface area (Å²) >= 11 is 0. The lowest BCUT2D eigenvalue weighted by Gasteiger charge is -2.34. The summed E-state index contributed by atoms with van der Waals surface area (Å²) in [4.78, 5) is 2.86. The number of nitrogens with zero attached hydrogens (tertiary/aromatic N) is 1. The molecule has 1 saturated carbocycles. The minimum atomic E-state index is 0.819. The quantitative estimate of drug-likeness (QED) is 0.638. The van der Waals surface area contributed by atoms with Crippen LogP contribution in [0.3, 0.4) is 0 Å². The summed E-state index contributed by atoms with van der Waals surface area (Å²) in [6, 6.07) is 1.76. The van der Waals surface area contributed by atoms with Gasteiger partial charge in [0.05, 0.1) is 0 Å². The SMILES string of the molecule is CCCCCCC(C)N(CC1CCNCC1)C1CC1. The van der Waals surface area contributed by atoms with Crippen molar-refractivity contribution in [2.24, 2.45) is 5.92 Å². The molecule has 0 radical (unpaired) electrons. The Kier molecular flexibility index (Phi) is 6.66. The van der Waals surface area contributed by atoms with Gasteiger partial charge in [0.1, 0.15) is 0 Å². The fraction of sp³-hybridized carbons (Fsp3) is 1.00. The minimum absolute atomic E-state index is 0.819. The standard InChI is InChI=1S/C17H34N2/c1-3-4-5-6-7-15(2)19(17-8-9-17)14-16-10-12-18-13-11-16/h15-18H,3-14H2,1-2H3. The topological polar surface area (TPSA) is 15.3 Å². The molecule has 2 heteroatoms. The number of hydrogen-bond acceptors (Lipinski definition) is 2. The molecule has 19 heavy (non-hydrogen) atoms. The Hall–Kier alpha value is -0.0800. The van der Waals surface area contributed by atoms with Crippen molar-refractivity contribution in [2.75, 3.05) is 19.6 Å². The van der Waals surface area contributed by atoms with Crippen LogP contribution in [-0.4, -0.2) is 36.6 Å². The second-order valence-electron chi connectivity index (χ2n) is 6.82. The summed E-state index contributed by atoms with van der Waals surface area (Å²) in [5.41, 5.74) is 0. The van der Waals surface area contributed by atoms with Crippen LogP contribution < -0.4 is 5.32 Å². The Labute approximate surface area is 120 Å². The van der Waals surface area contributed by atoms with Crippen LogP contribution in [0.15, 0.2) is 0 Å². The molecule has 112 valence electrons. The predicted molar refractivity (Wildman–Crippen MR) is 83.5 cm³/mol. The first-order chi connectivity index (χ1) is 9.31. The van der Waals surface area contributed by atoms with E-state index < -0.39 is 0 Å². The molecule has 2 aliphatic rings. The van der Waals surface area contributed by atoms with Gasteiger partial charge >= 0.3 is 0 Å². The first-order valence-corrected chi connectivity index (χ1v) is 8.77. The van der Waals surface area contributed by atoms with Crippen LogP contribution in [0, 0.1) is 5.92 Å². The summed E-state index contributed by atoms with van der Waals surface area (Å²) in [6.45, 7) is 8.64. The average molecular weight is 266 g/mol. The molecule has 1 heterocycles. The average Bonchev–Trinajstić information content (AvgIpc) is 3.26. The maximum absolute atomic E-state index is 3.49. The number of unbranched alkanes of at least 4 members (excludes halogenated alkanes) is 3. The van der Waals surface area contributed by atoms with Crippen molar-refractivity contribution in [1.82, 2.24) is 10.2 Å². The van der Waals surface area contributed by atoms with E-state index in [1.807, 2.05) is 0 Å². The number of nitrogens with one attached hydrogen (secondary N) is 1. The third kappa shape index (κ3) is 5.43. The maximum atomic E-state index is 3.49. The molecule has 0 aromatic rings. The molecule has 1 saturated heterocycles. The zero-order chi connectivity index (χ0) is 13.5. The molecule has 2 rings (SSSR count). The molecular weight excluding hydrogens is 232 g/mol. The lowest BCUT2D eigenvalue weighted by molar-refractivity contribution is 0.143. The Morgan fingerprint density at radius 2 is 1.79 bits per heavy atom. The fourth-order valence-corrected chi connectivity index (χ4v) is 3.49. The molecule has 0 aromatic heterocycles. The van der Waals surface area contributed by atoms with E-state index in [-0.39, 0.29) is 0 Å². The molecule has 0 spiro atoms. The lowest BCUT2D eigenvalue weighted by Crippen LogP contribution is -2.41. The molecule has 2 nitrogen and oxygen atoms in total. The molecule has 0 aromatic carbocycles. The van der Waals surface area contributed by atoms with Crippen LogP contribution in [0.2, 0.25) is 0 Å². The van der Waals surface area contributed by atoms with Gasteiger partial charge in [0, 0.05) is 18.6 Å². The van der Waals surface area contributed by atoms with E-state index in [1.54, 1.807) is 0 Å². The van der Waals surface area contributed by atoms with Gasteiger partial charge in [0.25, 0.3) is 0 Å². The Balaban J connectivity index is 1.71. The Bertz CT molecular complexity index is 231. The van der Waals surface area contributed by atoms with Gasteiger partial charge in [-0.2, -0.15) is 0 Å². The highest BCUT2D eigenvalue weighted by atomic mass is 15.2. The summed E-state index contributed by atoms with van der Waals surface area (Å²) in [7, 11) is 0. The Morgan fingerprint density at radius 1 is 1.05 bits per heavy atom. The van der Waals surface area contributed by atoms with Crippen molar-refractivity contribution in [3.05, 3.63) is 0 Å². The van der Waals surface area contributed by atoms with Crippen LogP contribution in [0.5, 0.6) is 0 Å². The summed E-state index contributed by atoms with van der Waals surface area (Å²) in [5.74, 6) is 0.958. The van der Waals surface area contributed by atoms with Crippen molar-refractivity contribution in [3.8, 4) is 0 Å². The van der Waals surface area contributed by atoms with E-state index in [9.17, 15) is 0 Å². The van der Waals surface area contributed by atoms with Gasteiger partial charge in [-0.15, -0.1) is 0 Å². The van der Waals surface area contributed by atoms with E-state index in [4.69, 9.17) is 0 Å². The van der Waals surface area contributed by atoms with Gasteiger partial charge < -0.3 is 5.32 Å². The van der Waals surface area contributed by atoms with Gasteiger partial charge in [-0.1, -0.05) is 32.6 Å². The van der Waals surface area contributed by atoms with Crippen LogP contribution in [-0.2, 0) is 0 Å². The fourth-order valence-electron chi connectivity index (χ4n) is 3.49. The van der Waals surface area contributed by atoms with E-state index in [0.717, 1.165) is 18.0 Å². The highest BCUT2D eigenvalue weighted by Gasteiger charge is 2.33. The van der Waals surface area contributed by atoms with Crippen molar-refractivity contribution in [1.29, 1.82) is 0 Å². The monoisotopic (exact) mass is 266 g/mol. The molecule has 1 aliphatic heterocycles. The van der Waals surface area contributed by atoms with Crippen LogP contribution in [0.4, 0.5) is 0 Å². The third-order valence-corrected chi connectivity index (χ3v) is 4.99. The summed E-state index contributed by atoms with van der Waals surface area (Å²) < 4.78 is 0. The molecule has 2 fully saturated rings. The lowest BCUT2D eigenvalue weighted by atomic mass is 9.96. The van der Waals surface area contributed by atoms with Gasteiger partial charge in [0.2, 0.25) is 0 Å². The summed E-state index contributed by atoms with van der Waals surface area (Å²) in [6.07, 6.45) is 12.8. The van der Waals surface area contributed by atoms with Gasteiger partial charge in [0.15, 0.2) is 0 Å². The van der Waals surface area contributed by atoms with Gasteiger partial charge in [-0.25, -0.2) is 0 Å². The maximum Gasteiger partial charge on any atom is 0.00993 e. The zero-order valence-electron chi connectivity index (χ0n) is 13.2. The van der Waals surface area contributed by atoms with Crippen molar-refractivity contribution >= 4 is 0 Å². The van der Waals surface area contributed by atoms with E-state index >= 15 is 0 Å². The predicted octanol–water partition coefficient (Wildman–Crippen LogP) is 3.81.